The summed E-state index contributed by atoms with van der Waals surface area (Å²) >= 11 is 6.64. The number of aromatic nitrogens is 3. The number of methoxy groups -OCH3 is 2. The number of nitrogens with one attached hydrogen (secondary N) is 2. The van der Waals surface area contributed by atoms with Crippen molar-refractivity contribution in [1.29, 1.82) is 0 Å². The number of hydrogen-bond donors (Lipinski definition) is 2. The van der Waals surface area contributed by atoms with Crippen LogP contribution in [-0.2, 0) is 4.74 Å². The Kier molecular flexibility index (Phi) is 5.89. The predicted molar refractivity (Wildman–Crippen MR) is 125 cm³/mol. The molecule has 1 unspecified atom stereocenters. The fourth-order valence-electron chi connectivity index (χ4n) is 3.79. The monoisotopic (exact) mass is 455 g/mol. The largest absolute Gasteiger partial charge is 0.497 e. The molecule has 0 spiro atoms. The van der Waals surface area contributed by atoms with Gasteiger partial charge in [0.05, 0.1) is 37.6 Å². The molecule has 3 aromatic rings. The van der Waals surface area contributed by atoms with Crippen LogP contribution in [0.25, 0.3) is 22.2 Å². The minimum absolute atomic E-state index is 0.227. The Morgan fingerprint density at radius 3 is 2.72 bits per heavy atom. The lowest BCUT2D eigenvalue weighted by Crippen LogP contribution is -2.20. The fraction of sp³-hybridized carbons (Fsp3) is 0.435. The molecule has 2 aliphatic rings. The van der Waals surface area contributed by atoms with Crippen LogP contribution in [0.15, 0.2) is 24.4 Å². The number of ether oxygens (including phenoxy) is 3. The Balaban J connectivity index is 1.58. The van der Waals surface area contributed by atoms with E-state index in [9.17, 15) is 0 Å². The molecule has 5 rings (SSSR count). The van der Waals surface area contributed by atoms with Crippen molar-refractivity contribution in [2.45, 2.75) is 25.3 Å². The smallest absolute Gasteiger partial charge is 0.223 e. The van der Waals surface area contributed by atoms with E-state index >= 15 is 0 Å². The first kappa shape index (κ1) is 21.0. The first-order valence-corrected chi connectivity index (χ1v) is 11.2. The average Bonchev–Trinajstić information content (AvgIpc) is 3.51. The van der Waals surface area contributed by atoms with Gasteiger partial charge in [0, 0.05) is 36.4 Å². The van der Waals surface area contributed by atoms with E-state index in [4.69, 9.17) is 35.8 Å². The van der Waals surface area contributed by atoms with Crippen LogP contribution in [0.3, 0.4) is 0 Å². The summed E-state index contributed by atoms with van der Waals surface area (Å²) in [5, 5.41) is 8.22. The van der Waals surface area contributed by atoms with E-state index < -0.39 is 0 Å². The van der Waals surface area contributed by atoms with Crippen LogP contribution in [0.1, 0.15) is 19.3 Å². The summed E-state index contributed by atoms with van der Waals surface area (Å²) in [6, 6.07) is 5.79. The first-order valence-electron chi connectivity index (χ1n) is 10.8. The van der Waals surface area contributed by atoms with Crippen LogP contribution in [-0.4, -0.2) is 55.0 Å². The standard InChI is InChI=1S/C23H26ClN5O3/c1-30-16-8-17(20(24)19(9-16)31-2)18-7-14-11-26-23(27-15-5-6-32-12-15)29-21(14)22(28-18)25-10-13-3-4-13/h7-9,11,13,15H,3-6,10,12H2,1-2H3,(H,25,28)(H,26,27,29). The molecule has 1 aromatic carbocycles. The second kappa shape index (κ2) is 8.96. The van der Waals surface area contributed by atoms with Crippen molar-refractivity contribution in [3.05, 3.63) is 29.4 Å². The third-order valence-electron chi connectivity index (χ3n) is 5.83. The average molecular weight is 456 g/mol. The van der Waals surface area contributed by atoms with Crippen molar-refractivity contribution < 1.29 is 14.2 Å². The highest BCUT2D eigenvalue weighted by molar-refractivity contribution is 6.34. The second-order valence-corrected chi connectivity index (χ2v) is 8.59. The lowest BCUT2D eigenvalue weighted by Gasteiger charge is -2.15. The molecule has 2 N–H and O–H groups in total. The zero-order valence-corrected chi connectivity index (χ0v) is 18.9. The van der Waals surface area contributed by atoms with Crippen molar-refractivity contribution >= 4 is 34.3 Å². The topological polar surface area (TPSA) is 90.4 Å². The van der Waals surface area contributed by atoms with Gasteiger partial charge in [-0.2, -0.15) is 0 Å². The van der Waals surface area contributed by atoms with E-state index in [0.29, 0.717) is 40.7 Å². The number of nitrogens with zero attached hydrogens (tertiary/aromatic N) is 3. The van der Waals surface area contributed by atoms with Crippen LogP contribution in [0.5, 0.6) is 11.5 Å². The number of halogens is 1. The molecule has 1 saturated heterocycles. The summed E-state index contributed by atoms with van der Waals surface area (Å²) in [6.45, 7) is 2.29. The summed E-state index contributed by atoms with van der Waals surface area (Å²) in [4.78, 5) is 14.2. The third kappa shape index (κ3) is 4.38. The molecule has 1 atom stereocenters. The molecule has 1 saturated carbocycles. The Labute approximate surface area is 191 Å². The minimum Gasteiger partial charge on any atom is -0.497 e. The van der Waals surface area contributed by atoms with Crippen molar-refractivity contribution in [3.63, 3.8) is 0 Å². The lowest BCUT2D eigenvalue weighted by molar-refractivity contribution is 0.195. The van der Waals surface area contributed by atoms with Gasteiger partial charge in [-0.1, -0.05) is 11.6 Å². The molecule has 9 heteroatoms. The molecular weight excluding hydrogens is 430 g/mol. The maximum Gasteiger partial charge on any atom is 0.223 e. The van der Waals surface area contributed by atoms with E-state index in [1.54, 1.807) is 20.3 Å². The van der Waals surface area contributed by atoms with Gasteiger partial charge >= 0.3 is 0 Å². The Morgan fingerprint density at radius 2 is 2.00 bits per heavy atom. The summed E-state index contributed by atoms with van der Waals surface area (Å²) in [5.41, 5.74) is 2.20. The van der Waals surface area contributed by atoms with Gasteiger partial charge in [0.2, 0.25) is 5.95 Å². The quantitative estimate of drug-likeness (QED) is 0.517. The number of hydrogen-bond acceptors (Lipinski definition) is 8. The molecule has 168 valence electrons. The zero-order valence-electron chi connectivity index (χ0n) is 18.2. The van der Waals surface area contributed by atoms with Crippen LogP contribution < -0.4 is 20.1 Å². The van der Waals surface area contributed by atoms with Crippen molar-refractivity contribution in [2.24, 2.45) is 5.92 Å². The number of anilines is 2. The van der Waals surface area contributed by atoms with Crippen molar-refractivity contribution in [1.82, 2.24) is 15.0 Å². The highest BCUT2D eigenvalue weighted by Crippen LogP contribution is 2.40. The van der Waals surface area contributed by atoms with Crippen LogP contribution in [0.4, 0.5) is 11.8 Å². The minimum atomic E-state index is 0.227. The molecule has 8 nitrogen and oxygen atoms in total. The van der Waals surface area contributed by atoms with E-state index in [1.807, 2.05) is 18.3 Å². The van der Waals surface area contributed by atoms with Crippen molar-refractivity contribution in [2.75, 3.05) is 44.6 Å². The Morgan fingerprint density at radius 1 is 1.12 bits per heavy atom. The number of rotatable bonds is 8. The third-order valence-corrected chi connectivity index (χ3v) is 6.22. The Bertz CT molecular complexity index is 1130. The summed E-state index contributed by atoms with van der Waals surface area (Å²) in [5.74, 6) is 3.16. The molecule has 0 bridgehead atoms. The van der Waals surface area contributed by atoms with Gasteiger partial charge in [0.25, 0.3) is 0 Å². The molecular formula is C23H26ClN5O3. The maximum absolute atomic E-state index is 6.64. The Hall–Kier alpha value is -2.84. The predicted octanol–water partition coefficient (Wildman–Crippen LogP) is 4.39. The molecule has 2 fully saturated rings. The summed E-state index contributed by atoms with van der Waals surface area (Å²) in [7, 11) is 3.19. The molecule has 0 amide bonds. The normalized spacial score (nSPS) is 18.0. The number of pyridine rings is 1. The van der Waals surface area contributed by atoms with E-state index in [-0.39, 0.29) is 6.04 Å². The lowest BCUT2D eigenvalue weighted by atomic mass is 10.1. The molecule has 3 heterocycles. The number of fused-ring (bicyclic) bond motifs is 1. The number of benzene rings is 1. The van der Waals surface area contributed by atoms with Crippen LogP contribution >= 0.6 is 11.6 Å². The highest BCUT2D eigenvalue weighted by Gasteiger charge is 2.23. The van der Waals surface area contributed by atoms with E-state index in [1.165, 1.54) is 12.8 Å². The van der Waals surface area contributed by atoms with E-state index in [2.05, 4.69) is 15.6 Å². The van der Waals surface area contributed by atoms with Crippen molar-refractivity contribution in [3.8, 4) is 22.8 Å². The van der Waals surface area contributed by atoms with Gasteiger partial charge < -0.3 is 24.8 Å². The molecule has 2 aromatic heterocycles. The SMILES string of the molecule is COc1cc(OC)c(Cl)c(-c2cc3cnc(NC4CCOC4)nc3c(NCC3CC3)n2)c1. The van der Waals surface area contributed by atoms with Gasteiger partial charge in [-0.25, -0.2) is 15.0 Å². The molecule has 0 radical (unpaired) electrons. The van der Waals surface area contributed by atoms with Gasteiger partial charge in [0.1, 0.15) is 17.0 Å². The van der Waals surface area contributed by atoms with Crippen LogP contribution in [0.2, 0.25) is 5.02 Å². The molecule has 32 heavy (non-hydrogen) atoms. The summed E-state index contributed by atoms with van der Waals surface area (Å²) in [6.07, 6.45) is 5.25. The van der Waals surface area contributed by atoms with Gasteiger partial charge in [-0.05, 0) is 37.3 Å². The first-order chi connectivity index (χ1) is 15.6. The highest BCUT2D eigenvalue weighted by atomic mass is 35.5. The van der Waals surface area contributed by atoms with Gasteiger partial charge in [0.15, 0.2) is 5.82 Å². The van der Waals surface area contributed by atoms with E-state index in [0.717, 1.165) is 41.9 Å². The fourth-order valence-corrected chi connectivity index (χ4v) is 4.07. The van der Waals surface area contributed by atoms with Gasteiger partial charge in [-0.3, -0.25) is 0 Å². The second-order valence-electron chi connectivity index (χ2n) is 8.21. The molecule has 1 aliphatic heterocycles. The molecule has 1 aliphatic carbocycles. The zero-order chi connectivity index (χ0) is 22.1. The summed E-state index contributed by atoms with van der Waals surface area (Å²) < 4.78 is 16.3. The van der Waals surface area contributed by atoms with Crippen LogP contribution in [0, 0.1) is 5.92 Å². The van der Waals surface area contributed by atoms with Gasteiger partial charge in [-0.15, -0.1) is 0 Å². The maximum atomic E-state index is 6.64.